The number of ether oxygens (including phenoxy) is 1. The maximum Gasteiger partial charge on any atom is 0.319 e. The highest BCUT2D eigenvalue weighted by Crippen LogP contribution is 2.27. The summed E-state index contributed by atoms with van der Waals surface area (Å²) in [5.41, 5.74) is -0.130. The van der Waals surface area contributed by atoms with Gasteiger partial charge >= 0.3 is 6.03 Å². The number of non-ortho nitro benzene ring substituents is 1. The Kier molecular flexibility index (Phi) is 3.81. The first kappa shape index (κ1) is 13.1. The minimum Gasteiger partial charge on any atom is -0.506 e. The van der Waals surface area contributed by atoms with Crippen molar-refractivity contribution < 1.29 is 19.6 Å². The summed E-state index contributed by atoms with van der Waals surface area (Å²) in [6.07, 6.45) is 0.736. The van der Waals surface area contributed by atoms with Crippen LogP contribution in [0, 0.1) is 10.1 Å². The topological polar surface area (TPSA) is 114 Å². The van der Waals surface area contributed by atoms with Crippen molar-refractivity contribution in [3.63, 3.8) is 0 Å². The number of phenols is 1. The fraction of sp³-hybridized carbons (Fsp3) is 0.364. The number of nitro benzene ring substituents is 1. The van der Waals surface area contributed by atoms with Crippen LogP contribution in [-0.2, 0) is 4.74 Å². The molecule has 1 fully saturated rings. The van der Waals surface area contributed by atoms with Gasteiger partial charge in [-0.1, -0.05) is 0 Å². The third kappa shape index (κ3) is 3.32. The number of benzene rings is 1. The lowest BCUT2D eigenvalue weighted by Gasteiger charge is -2.12. The highest BCUT2D eigenvalue weighted by Gasteiger charge is 2.18. The summed E-state index contributed by atoms with van der Waals surface area (Å²) < 4.78 is 5.11. The summed E-state index contributed by atoms with van der Waals surface area (Å²) in [5, 5.41) is 25.2. The van der Waals surface area contributed by atoms with Crippen molar-refractivity contribution in [3.05, 3.63) is 28.3 Å². The van der Waals surface area contributed by atoms with Crippen LogP contribution in [-0.4, -0.2) is 35.3 Å². The number of nitro groups is 1. The van der Waals surface area contributed by atoms with Gasteiger partial charge in [-0.15, -0.1) is 0 Å². The molecule has 1 heterocycles. The first-order valence-electron chi connectivity index (χ1n) is 5.69. The predicted molar refractivity (Wildman–Crippen MR) is 66.1 cm³/mol. The number of nitrogens with one attached hydrogen (secondary N) is 2. The van der Waals surface area contributed by atoms with Crippen molar-refractivity contribution in [2.75, 3.05) is 18.5 Å². The molecule has 0 bridgehead atoms. The lowest BCUT2D eigenvalue weighted by Crippen LogP contribution is -2.38. The molecular weight excluding hydrogens is 254 g/mol. The van der Waals surface area contributed by atoms with Crippen LogP contribution >= 0.6 is 0 Å². The van der Waals surface area contributed by atoms with Crippen LogP contribution in [0.5, 0.6) is 5.75 Å². The van der Waals surface area contributed by atoms with E-state index in [1.807, 2.05) is 0 Å². The molecule has 1 aliphatic rings. The number of phenolic OH excluding ortho intramolecular Hbond substituents is 1. The Morgan fingerprint density at radius 1 is 1.53 bits per heavy atom. The van der Waals surface area contributed by atoms with E-state index in [-0.39, 0.29) is 23.2 Å². The highest BCUT2D eigenvalue weighted by atomic mass is 16.6. The summed E-state index contributed by atoms with van der Waals surface area (Å²) in [6.45, 7) is 1.06. The molecule has 0 radical (unpaired) electrons. The molecule has 0 aliphatic carbocycles. The molecule has 0 aromatic heterocycles. The highest BCUT2D eigenvalue weighted by molar-refractivity contribution is 5.91. The normalized spacial score (nSPS) is 18.0. The van der Waals surface area contributed by atoms with Crippen LogP contribution in [0.15, 0.2) is 18.2 Å². The third-order valence-corrected chi connectivity index (χ3v) is 2.71. The Hall–Kier alpha value is -2.35. The van der Waals surface area contributed by atoms with Gasteiger partial charge < -0.3 is 20.5 Å². The Morgan fingerprint density at radius 2 is 2.32 bits per heavy atom. The molecule has 0 saturated carbocycles. The second kappa shape index (κ2) is 5.53. The van der Waals surface area contributed by atoms with E-state index in [0.717, 1.165) is 12.5 Å². The summed E-state index contributed by atoms with van der Waals surface area (Å²) in [6, 6.07) is 2.92. The van der Waals surface area contributed by atoms with Crippen LogP contribution in [0.3, 0.4) is 0 Å². The van der Waals surface area contributed by atoms with Gasteiger partial charge in [0.25, 0.3) is 5.69 Å². The van der Waals surface area contributed by atoms with E-state index in [9.17, 15) is 20.0 Å². The van der Waals surface area contributed by atoms with Gasteiger partial charge in [-0.2, -0.15) is 0 Å². The van der Waals surface area contributed by atoms with Gasteiger partial charge in [-0.05, 0) is 12.5 Å². The number of rotatable bonds is 3. The third-order valence-electron chi connectivity index (χ3n) is 2.71. The molecule has 0 spiro atoms. The Bertz CT molecular complexity index is 499. The van der Waals surface area contributed by atoms with Gasteiger partial charge in [0.05, 0.1) is 29.3 Å². The minimum atomic E-state index is -0.626. The quantitative estimate of drug-likeness (QED) is 0.432. The lowest BCUT2D eigenvalue weighted by molar-refractivity contribution is -0.384. The number of amides is 2. The van der Waals surface area contributed by atoms with Gasteiger partial charge in [0.1, 0.15) is 5.75 Å². The molecule has 1 atom stereocenters. The fourth-order valence-corrected chi connectivity index (χ4v) is 1.73. The van der Waals surface area contributed by atoms with Crippen LogP contribution in [0.25, 0.3) is 0 Å². The zero-order valence-electron chi connectivity index (χ0n) is 9.96. The number of carbonyl (C=O) groups is 1. The monoisotopic (exact) mass is 267 g/mol. The molecule has 1 saturated heterocycles. The van der Waals surface area contributed by atoms with Gasteiger partial charge in [0, 0.05) is 12.7 Å². The number of nitrogens with zero attached hydrogens (tertiary/aromatic N) is 1. The van der Waals surface area contributed by atoms with Gasteiger partial charge in [0.15, 0.2) is 0 Å². The fourth-order valence-electron chi connectivity index (χ4n) is 1.73. The zero-order valence-corrected chi connectivity index (χ0v) is 9.96. The van der Waals surface area contributed by atoms with E-state index in [0.29, 0.717) is 13.2 Å². The zero-order chi connectivity index (χ0) is 13.8. The predicted octanol–water partition coefficient (Wildman–Crippen LogP) is 1.21. The summed E-state index contributed by atoms with van der Waals surface area (Å²) in [5.74, 6) is -0.355. The second-order valence-corrected chi connectivity index (χ2v) is 4.12. The molecule has 1 unspecified atom stereocenters. The Labute approximate surface area is 108 Å². The van der Waals surface area contributed by atoms with Gasteiger partial charge in [0.2, 0.25) is 0 Å². The first-order valence-corrected chi connectivity index (χ1v) is 5.69. The molecule has 2 rings (SSSR count). The molecule has 3 N–H and O–H groups in total. The van der Waals surface area contributed by atoms with Crippen LogP contribution in [0.1, 0.15) is 6.42 Å². The average molecular weight is 267 g/mol. The van der Waals surface area contributed by atoms with E-state index in [1.165, 1.54) is 12.1 Å². The molecule has 1 aromatic rings. The maximum absolute atomic E-state index is 11.6. The van der Waals surface area contributed by atoms with Gasteiger partial charge in [-0.3, -0.25) is 10.1 Å². The molecule has 19 heavy (non-hydrogen) atoms. The first-order chi connectivity index (χ1) is 9.06. The summed E-state index contributed by atoms with van der Waals surface area (Å²) >= 11 is 0. The van der Waals surface area contributed by atoms with Crippen LogP contribution in [0.4, 0.5) is 16.2 Å². The largest absolute Gasteiger partial charge is 0.506 e. The molecule has 8 heteroatoms. The molecule has 2 amide bonds. The Balaban J connectivity index is 1.98. The van der Waals surface area contributed by atoms with Crippen LogP contribution < -0.4 is 10.6 Å². The SMILES string of the molecule is O=C(Nc1ccc([N+](=O)[O-])cc1O)NC1CCOC1. The van der Waals surface area contributed by atoms with Crippen molar-refractivity contribution in [1.82, 2.24) is 5.32 Å². The summed E-state index contributed by atoms with van der Waals surface area (Å²) in [7, 11) is 0. The van der Waals surface area contributed by atoms with Crippen molar-refractivity contribution in [1.29, 1.82) is 0 Å². The molecule has 1 aromatic carbocycles. The standard InChI is InChI=1S/C11H13N3O5/c15-10-5-8(14(17)18)1-2-9(10)13-11(16)12-7-3-4-19-6-7/h1-2,5,7,15H,3-4,6H2,(H2,12,13,16). The van der Waals surface area contributed by atoms with Crippen LogP contribution in [0.2, 0.25) is 0 Å². The maximum atomic E-state index is 11.6. The number of hydrogen-bond donors (Lipinski definition) is 3. The number of anilines is 1. The van der Waals surface area contributed by atoms with E-state index in [1.54, 1.807) is 0 Å². The van der Waals surface area contributed by atoms with E-state index >= 15 is 0 Å². The molecule has 8 nitrogen and oxygen atoms in total. The van der Waals surface area contributed by atoms with Crippen molar-refractivity contribution in [3.8, 4) is 5.75 Å². The minimum absolute atomic E-state index is 0.0554. The van der Waals surface area contributed by atoms with Crippen molar-refractivity contribution >= 4 is 17.4 Å². The van der Waals surface area contributed by atoms with E-state index < -0.39 is 11.0 Å². The number of hydrogen-bond acceptors (Lipinski definition) is 5. The second-order valence-electron chi connectivity index (χ2n) is 4.12. The summed E-state index contributed by atoms with van der Waals surface area (Å²) in [4.78, 5) is 21.5. The van der Waals surface area contributed by atoms with Crippen molar-refractivity contribution in [2.24, 2.45) is 0 Å². The van der Waals surface area contributed by atoms with Gasteiger partial charge in [-0.25, -0.2) is 4.79 Å². The number of urea groups is 1. The average Bonchev–Trinajstić information content (AvgIpc) is 2.84. The lowest BCUT2D eigenvalue weighted by atomic mass is 10.2. The van der Waals surface area contributed by atoms with Crippen molar-refractivity contribution in [2.45, 2.75) is 12.5 Å². The molecule has 102 valence electrons. The Morgan fingerprint density at radius 3 is 2.89 bits per heavy atom. The van der Waals surface area contributed by atoms with E-state index in [4.69, 9.17) is 4.74 Å². The van der Waals surface area contributed by atoms with E-state index in [2.05, 4.69) is 10.6 Å². The molecular formula is C11H13N3O5. The number of aromatic hydroxyl groups is 1. The smallest absolute Gasteiger partial charge is 0.319 e. The number of carbonyl (C=O) groups excluding carboxylic acids is 1. The molecule has 1 aliphatic heterocycles.